The number of carbonyl (C=O) groups excluding carboxylic acids is 1. The maximum atomic E-state index is 12.6. The van der Waals surface area contributed by atoms with Crippen LogP contribution < -0.4 is 0 Å². The van der Waals surface area contributed by atoms with Crippen LogP contribution in [0.1, 0.15) is 33.1 Å². The SMILES string of the molecule is C[C@@H]1CCC[C@H](C)N1C(=O)CSc1nnc(-c2ccc(O)cc2)n1C. The molecule has 0 unspecified atom stereocenters. The van der Waals surface area contributed by atoms with Crippen molar-refractivity contribution in [3.63, 3.8) is 0 Å². The summed E-state index contributed by atoms with van der Waals surface area (Å²) in [5.41, 5.74) is 0.879. The Morgan fingerprint density at radius 1 is 1.20 bits per heavy atom. The second kappa shape index (κ2) is 7.47. The van der Waals surface area contributed by atoms with Gasteiger partial charge in [-0.15, -0.1) is 10.2 Å². The van der Waals surface area contributed by atoms with Gasteiger partial charge in [0.05, 0.1) is 5.75 Å². The average molecular weight is 360 g/mol. The lowest BCUT2D eigenvalue weighted by molar-refractivity contribution is -0.134. The molecule has 25 heavy (non-hydrogen) atoms. The molecule has 1 amide bonds. The lowest BCUT2D eigenvalue weighted by Crippen LogP contribution is -2.48. The first-order valence-corrected chi connectivity index (χ1v) is 9.58. The maximum absolute atomic E-state index is 12.6. The molecule has 1 N–H and O–H groups in total. The minimum Gasteiger partial charge on any atom is -0.508 e. The van der Waals surface area contributed by atoms with Crippen LogP contribution in [0.2, 0.25) is 0 Å². The van der Waals surface area contributed by atoms with E-state index in [1.165, 1.54) is 18.2 Å². The van der Waals surface area contributed by atoms with Crippen molar-refractivity contribution in [3.8, 4) is 17.1 Å². The number of hydrogen-bond donors (Lipinski definition) is 1. The lowest BCUT2D eigenvalue weighted by atomic mass is 9.98. The van der Waals surface area contributed by atoms with Crippen molar-refractivity contribution in [2.75, 3.05) is 5.75 Å². The standard InChI is InChI=1S/C18H24N4O2S/c1-12-5-4-6-13(2)22(12)16(24)11-25-18-20-19-17(21(18)3)14-7-9-15(23)10-8-14/h7-10,12-13,23H,4-6,11H2,1-3H3/t12-,13+. The zero-order chi connectivity index (χ0) is 18.0. The van der Waals surface area contributed by atoms with Crippen molar-refractivity contribution < 1.29 is 9.90 Å². The Morgan fingerprint density at radius 3 is 2.48 bits per heavy atom. The molecule has 0 bridgehead atoms. The van der Waals surface area contributed by atoms with E-state index in [4.69, 9.17) is 0 Å². The summed E-state index contributed by atoms with van der Waals surface area (Å²) in [4.78, 5) is 14.7. The molecule has 6 nitrogen and oxygen atoms in total. The second-order valence-corrected chi connectivity index (χ2v) is 7.57. The molecule has 1 aromatic heterocycles. The number of thioether (sulfide) groups is 1. The van der Waals surface area contributed by atoms with E-state index in [1.807, 2.05) is 16.5 Å². The highest BCUT2D eigenvalue weighted by Crippen LogP contribution is 2.27. The van der Waals surface area contributed by atoms with E-state index >= 15 is 0 Å². The number of rotatable bonds is 4. The van der Waals surface area contributed by atoms with Gasteiger partial charge < -0.3 is 14.6 Å². The van der Waals surface area contributed by atoms with Crippen molar-refractivity contribution in [1.29, 1.82) is 0 Å². The van der Waals surface area contributed by atoms with E-state index in [2.05, 4.69) is 24.0 Å². The minimum atomic E-state index is 0.166. The molecule has 1 aromatic carbocycles. The highest BCUT2D eigenvalue weighted by atomic mass is 32.2. The fraction of sp³-hybridized carbons (Fsp3) is 0.500. The molecule has 3 rings (SSSR count). The quantitative estimate of drug-likeness (QED) is 0.849. The van der Waals surface area contributed by atoms with E-state index in [-0.39, 0.29) is 11.7 Å². The molecule has 0 radical (unpaired) electrons. The molecular weight excluding hydrogens is 336 g/mol. The molecule has 7 heteroatoms. The fourth-order valence-corrected chi connectivity index (χ4v) is 4.20. The summed E-state index contributed by atoms with van der Waals surface area (Å²) in [6.07, 6.45) is 3.35. The van der Waals surface area contributed by atoms with E-state index < -0.39 is 0 Å². The summed E-state index contributed by atoms with van der Waals surface area (Å²) < 4.78 is 1.88. The third kappa shape index (κ3) is 3.81. The number of aromatic nitrogens is 3. The number of amides is 1. The molecular formula is C18H24N4O2S. The summed E-state index contributed by atoms with van der Waals surface area (Å²) >= 11 is 1.42. The number of piperidine rings is 1. The third-order valence-corrected chi connectivity index (χ3v) is 5.77. The second-order valence-electron chi connectivity index (χ2n) is 6.63. The Balaban J connectivity index is 1.68. The number of hydrogen-bond acceptors (Lipinski definition) is 5. The normalized spacial score (nSPS) is 20.7. The third-order valence-electron chi connectivity index (χ3n) is 4.77. The van der Waals surface area contributed by atoms with Crippen LogP contribution >= 0.6 is 11.8 Å². The summed E-state index contributed by atoms with van der Waals surface area (Å²) in [6.45, 7) is 4.26. The summed E-state index contributed by atoms with van der Waals surface area (Å²) in [7, 11) is 1.89. The molecule has 1 aliphatic rings. The van der Waals surface area contributed by atoms with E-state index in [1.54, 1.807) is 24.3 Å². The van der Waals surface area contributed by atoms with Crippen molar-refractivity contribution in [2.24, 2.45) is 7.05 Å². The summed E-state index contributed by atoms with van der Waals surface area (Å²) in [5.74, 6) is 1.47. The number of phenols is 1. The maximum Gasteiger partial charge on any atom is 0.233 e. The van der Waals surface area contributed by atoms with Gasteiger partial charge >= 0.3 is 0 Å². The van der Waals surface area contributed by atoms with Crippen LogP contribution in [0.5, 0.6) is 5.75 Å². The number of phenolic OH excluding ortho intramolecular Hbond substituents is 1. The van der Waals surface area contributed by atoms with Gasteiger partial charge in [0.25, 0.3) is 0 Å². The molecule has 0 saturated carbocycles. The predicted molar refractivity (Wildman–Crippen MR) is 98.4 cm³/mol. The zero-order valence-corrected chi connectivity index (χ0v) is 15.7. The van der Waals surface area contributed by atoms with Gasteiger partial charge in [-0.2, -0.15) is 0 Å². The van der Waals surface area contributed by atoms with Gasteiger partial charge in [-0.1, -0.05) is 11.8 Å². The lowest BCUT2D eigenvalue weighted by Gasteiger charge is -2.39. The molecule has 1 fully saturated rings. The van der Waals surface area contributed by atoms with Gasteiger partial charge in [0, 0.05) is 24.7 Å². The number of benzene rings is 1. The first-order chi connectivity index (χ1) is 12.0. The molecule has 134 valence electrons. The molecule has 2 aromatic rings. The first-order valence-electron chi connectivity index (χ1n) is 8.60. The van der Waals surface area contributed by atoms with Gasteiger partial charge in [0.2, 0.25) is 5.91 Å². The van der Waals surface area contributed by atoms with Crippen LogP contribution in [0.25, 0.3) is 11.4 Å². The molecule has 0 spiro atoms. The average Bonchev–Trinajstić information content (AvgIpc) is 2.94. The van der Waals surface area contributed by atoms with Gasteiger partial charge in [-0.05, 0) is 57.4 Å². The largest absolute Gasteiger partial charge is 0.508 e. The summed E-state index contributed by atoms with van der Waals surface area (Å²) in [5, 5.41) is 18.6. The highest BCUT2D eigenvalue weighted by molar-refractivity contribution is 7.99. The molecule has 2 atom stereocenters. The Kier molecular flexibility index (Phi) is 5.32. The number of carbonyl (C=O) groups is 1. The van der Waals surface area contributed by atoms with Gasteiger partial charge in [0.1, 0.15) is 5.75 Å². The minimum absolute atomic E-state index is 0.166. The van der Waals surface area contributed by atoms with Crippen LogP contribution in [0.4, 0.5) is 0 Å². The molecule has 1 aliphatic heterocycles. The number of aromatic hydroxyl groups is 1. The van der Waals surface area contributed by atoms with Crippen molar-refractivity contribution >= 4 is 17.7 Å². The number of likely N-dealkylation sites (tertiary alicyclic amines) is 1. The van der Waals surface area contributed by atoms with Crippen LogP contribution in [-0.2, 0) is 11.8 Å². The van der Waals surface area contributed by atoms with Crippen molar-refractivity contribution in [3.05, 3.63) is 24.3 Å². The van der Waals surface area contributed by atoms with Crippen molar-refractivity contribution in [2.45, 2.75) is 50.4 Å². The number of nitrogens with zero attached hydrogens (tertiary/aromatic N) is 4. The van der Waals surface area contributed by atoms with Crippen molar-refractivity contribution in [1.82, 2.24) is 19.7 Å². The van der Waals surface area contributed by atoms with Crippen LogP contribution in [0, 0.1) is 0 Å². The van der Waals surface area contributed by atoms with Crippen LogP contribution in [0.3, 0.4) is 0 Å². The first kappa shape index (κ1) is 17.8. The predicted octanol–water partition coefficient (Wildman–Crippen LogP) is 3.07. The van der Waals surface area contributed by atoms with Crippen LogP contribution in [-0.4, -0.2) is 48.5 Å². The zero-order valence-electron chi connectivity index (χ0n) is 14.8. The Labute approximate surface area is 152 Å². The monoisotopic (exact) mass is 360 g/mol. The fourth-order valence-electron chi connectivity index (χ4n) is 3.42. The van der Waals surface area contributed by atoms with Gasteiger partial charge in [-0.3, -0.25) is 4.79 Å². The van der Waals surface area contributed by atoms with Gasteiger partial charge in [-0.25, -0.2) is 0 Å². The van der Waals surface area contributed by atoms with E-state index in [0.29, 0.717) is 23.0 Å². The summed E-state index contributed by atoms with van der Waals surface area (Å²) in [6, 6.07) is 7.47. The highest BCUT2D eigenvalue weighted by Gasteiger charge is 2.29. The Bertz CT molecular complexity index is 734. The topological polar surface area (TPSA) is 71.2 Å². The van der Waals surface area contributed by atoms with E-state index in [0.717, 1.165) is 24.2 Å². The smallest absolute Gasteiger partial charge is 0.233 e. The molecule has 2 heterocycles. The Hall–Kier alpha value is -2.02. The molecule has 0 aliphatic carbocycles. The van der Waals surface area contributed by atoms with E-state index in [9.17, 15) is 9.90 Å². The van der Waals surface area contributed by atoms with Crippen LogP contribution in [0.15, 0.2) is 29.4 Å². The Morgan fingerprint density at radius 2 is 1.84 bits per heavy atom. The van der Waals surface area contributed by atoms with Gasteiger partial charge in [0.15, 0.2) is 11.0 Å². The molecule has 1 saturated heterocycles.